The molecule has 1 aliphatic heterocycles. The highest BCUT2D eigenvalue weighted by molar-refractivity contribution is 6.15. The smallest absolute Gasteiger partial charge is 0.253 e. The van der Waals surface area contributed by atoms with Gasteiger partial charge in [-0.25, -0.2) is 4.39 Å². The lowest BCUT2D eigenvalue weighted by molar-refractivity contribution is 0.0958. The van der Waals surface area contributed by atoms with Crippen LogP contribution in [0.4, 0.5) is 10.1 Å². The van der Waals surface area contributed by atoms with E-state index in [1.54, 1.807) is 0 Å². The Bertz CT molecular complexity index is 948. The van der Waals surface area contributed by atoms with Crippen molar-refractivity contribution in [2.45, 2.75) is 6.54 Å². The van der Waals surface area contributed by atoms with Gasteiger partial charge in [0.2, 0.25) is 0 Å². The molecule has 0 saturated carbocycles. The molecule has 0 fully saturated rings. The maximum absolute atomic E-state index is 13.9. The second kappa shape index (κ2) is 5.65. The molecule has 2 aromatic carbocycles. The van der Waals surface area contributed by atoms with E-state index in [0.29, 0.717) is 17.7 Å². The van der Waals surface area contributed by atoms with E-state index in [1.807, 2.05) is 25.2 Å². The van der Waals surface area contributed by atoms with Crippen molar-refractivity contribution in [3.05, 3.63) is 53.3 Å². The lowest BCUT2D eigenvalue weighted by Gasteiger charge is -2.08. The number of aromatic amines is 1. The van der Waals surface area contributed by atoms with Gasteiger partial charge in [-0.3, -0.25) is 4.79 Å². The van der Waals surface area contributed by atoms with Crippen molar-refractivity contribution >= 4 is 22.5 Å². The van der Waals surface area contributed by atoms with Gasteiger partial charge in [0.05, 0.1) is 29.1 Å². The molecule has 1 amide bonds. The van der Waals surface area contributed by atoms with E-state index in [2.05, 4.69) is 27.0 Å². The molecule has 4 N–H and O–H groups in total. The SMILES string of the molecule is CNCc1cccc(-c2[nH]c3cc(F)cc4c3c2NCNC4=O)c1. The zero-order chi connectivity index (χ0) is 16.7. The largest absolute Gasteiger partial charge is 0.366 e. The third kappa shape index (κ3) is 2.32. The van der Waals surface area contributed by atoms with Crippen molar-refractivity contribution in [1.29, 1.82) is 0 Å². The first-order valence-electron chi connectivity index (χ1n) is 7.78. The molecule has 0 radical (unpaired) electrons. The lowest BCUT2D eigenvalue weighted by Crippen LogP contribution is -2.26. The quantitative estimate of drug-likeness (QED) is 0.599. The van der Waals surface area contributed by atoms with Crippen molar-refractivity contribution in [3.8, 4) is 11.3 Å². The molecule has 0 atom stereocenters. The zero-order valence-electron chi connectivity index (χ0n) is 13.2. The molecule has 6 heteroatoms. The van der Waals surface area contributed by atoms with Crippen LogP contribution in [0, 0.1) is 5.82 Å². The topological polar surface area (TPSA) is 69.0 Å². The van der Waals surface area contributed by atoms with Crippen molar-refractivity contribution in [1.82, 2.24) is 15.6 Å². The average molecular weight is 324 g/mol. The molecule has 3 aromatic rings. The number of halogens is 1. The number of carbonyl (C=O) groups is 1. The number of amides is 1. The minimum Gasteiger partial charge on any atom is -0.366 e. The maximum Gasteiger partial charge on any atom is 0.253 e. The highest BCUT2D eigenvalue weighted by Crippen LogP contribution is 2.38. The maximum atomic E-state index is 13.9. The Morgan fingerprint density at radius 2 is 2.08 bits per heavy atom. The first-order chi connectivity index (χ1) is 11.7. The van der Waals surface area contributed by atoms with E-state index in [0.717, 1.165) is 34.4 Å². The summed E-state index contributed by atoms with van der Waals surface area (Å²) in [6.07, 6.45) is 0. The zero-order valence-corrected chi connectivity index (χ0v) is 13.2. The van der Waals surface area contributed by atoms with E-state index in [1.165, 1.54) is 12.1 Å². The van der Waals surface area contributed by atoms with Gasteiger partial charge in [0.1, 0.15) is 5.82 Å². The van der Waals surface area contributed by atoms with Crippen molar-refractivity contribution < 1.29 is 9.18 Å². The third-order valence-corrected chi connectivity index (χ3v) is 4.22. The van der Waals surface area contributed by atoms with Gasteiger partial charge in [-0.1, -0.05) is 18.2 Å². The number of carbonyl (C=O) groups excluding carboxylic acids is 1. The van der Waals surface area contributed by atoms with Gasteiger partial charge < -0.3 is 20.9 Å². The molecule has 2 heterocycles. The van der Waals surface area contributed by atoms with Gasteiger partial charge >= 0.3 is 0 Å². The Morgan fingerprint density at radius 1 is 1.21 bits per heavy atom. The number of benzene rings is 2. The fraction of sp³-hybridized carbons (Fsp3) is 0.167. The van der Waals surface area contributed by atoms with Gasteiger partial charge in [0.15, 0.2) is 0 Å². The highest BCUT2D eigenvalue weighted by atomic mass is 19.1. The van der Waals surface area contributed by atoms with Crippen LogP contribution in [0.15, 0.2) is 36.4 Å². The molecule has 0 unspecified atom stereocenters. The number of anilines is 1. The van der Waals surface area contributed by atoms with Crippen LogP contribution in [-0.4, -0.2) is 24.6 Å². The normalized spacial score (nSPS) is 13.5. The molecule has 0 bridgehead atoms. The number of hydrogen-bond acceptors (Lipinski definition) is 3. The average Bonchev–Trinajstić information content (AvgIpc) is 2.84. The molecular formula is C18H17FN4O. The predicted octanol–water partition coefficient (Wildman–Crippen LogP) is 2.81. The van der Waals surface area contributed by atoms with Crippen molar-refractivity contribution in [2.75, 3.05) is 19.0 Å². The second-order valence-corrected chi connectivity index (χ2v) is 5.84. The van der Waals surface area contributed by atoms with Crippen LogP contribution < -0.4 is 16.0 Å². The Balaban J connectivity index is 1.97. The number of hydrogen-bond donors (Lipinski definition) is 4. The fourth-order valence-electron chi connectivity index (χ4n) is 3.22. The molecule has 0 aliphatic carbocycles. The molecule has 24 heavy (non-hydrogen) atoms. The fourth-order valence-corrected chi connectivity index (χ4v) is 3.22. The van der Waals surface area contributed by atoms with E-state index in [9.17, 15) is 9.18 Å². The summed E-state index contributed by atoms with van der Waals surface area (Å²) >= 11 is 0. The number of rotatable bonds is 3. The summed E-state index contributed by atoms with van der Waals surface area (Å²) in [7, 11) is 1.90. The van der Waals surface area contributed by atoms with Crippen LogP contribution in [0.5, 0.6) is 0 Å². The Morgan fingerprint density at radius 3 is 2.92 bits per heavy atom. The van der Waals surface area contributed by atoms with E-state index in [4.69, 9.17) is 0 Å². The van der Waals surface area contributed by atoms with E-state index >= 15 is 0 Å². The summed E-state index contributed by atoms with van der Waals surface area (Å²) in [6.45, 7) is 1.06. The van der Waals surface area contributed by atoms with Gasteiger partial charge in [-0.2, -0.15) is 0 Å². The first-order valence-corrected chi connectivity index (χ1v) is 7.78. The number of nitrogens with one attached hydrogen (secondary N) is 4. The van der Waals surface area contributed by atoms with Gasteiger partial charge in [-0.15, -0.1) is 0 Å². The van der Waals surface area contributed by atoms with Crippen LogP contribution >= 0.6 is 0 Å². The summed E-state index contributed by atoms with van der Waals surface area (Å²) in [5, 5.41) is 9.83. The van der Waals surface area contributed by atoms with Crippen molar-refractivity contribution in [2.24, 2.45) is 0 Å². The molecule has 5 nitrogen and oxygen atoms in total. The van der Waals surface area contributed by atoms with Crippen LogP contribution in [0.1, 0.15) is 15.9 Å². The summed E-state index contributed by atoms with van der Waals surface area (Å²) < 4.78 is 13.9. The summed E-state index contributed by atoms with van der Waals surface area (Å²) in [5.74, 6) is -0.710. The van der Waals surface area contributed by atoms with Crippen LogP contribution in [0.3, 0.4) is 0 Å². The molecular weight excluding hydrogens is 307 g/mol. The summed E-state index contributed by atoms with van der Waals surface area (Å²) in [4.78, 5) is 15.5. The number of H-pyrrole nitrogens is 1. The predicted molar refractivity (Wildman–Crippen MR) is 92.4 cm³/mol. The molecule has 4 rings (SSSR count). The molecule has 0 spiro atoms. The molecule has 1 aliphatic rings. The summed E-state index contributed by atoms with van der Waals surface area (Å²) in [6, 6.07) is 10.8. The van der Waals surface area contributed by atoms with Gasteiger partial charge in [0, 0.05) is 17.5 Å². The Hall–Kier alpha value is -2.86. The first kappa shape index (κ1) is 14.7. The minimum atomic E-state index is -0.433. The molecule has 122 valence electrons. The monoisotopic (exact) mass is 324 g/mol. The second-order valence-electron chi connectivity index (χ2n) is 5.84. The van der Waals surface area contributed by atoms with E-state index < -0.39 is 5.82 Å². The minimum absolute atomic E-state index is 0.278. The van der Waals surface area contributed by atoms with Crippen LogP contribution in [0.25, 0.3) is 22.2 Å². The Labute approximate surface area is 138 Å². The van der Waals surface area contributed by atoms with Crippen LogP contribution in [-0.2, 0) is 6.54 Å². The summed E-state index contributed by atoms with van der Waals surface area (Å²) in [5.41, 5.74) is 4.76. The lowest BCUT2D eigenvalue weighted by atomic mass is 10.0. The molecule has 1 aromatic heterocycles. The standard InChI is InChI=1S/C18H17FN4O/c1-20-8-10-3-2-4-11(5-10)16-17-15-13(18(24)22-9-21-17)6-12(19)7-14(15)23-16/h2-7,20-21,23H,8-9H2,1H3,(H,22,24). The Kier molecular flexibility index (Phi) is 3.46. The van der Waals surface area contributed by atoms with Crippen molar-refractivity contribution in [3.63, 3.8) is 0 Å². The van der Waals surface area contributed by atoms with E-state index in [-0.39, 0.29) is 5.91 Å². The number of aromatic nitrogens is 1. The highest BCUT2D eigenvalue weighted by Gasteiger charge is 2.23. The third-order valence-electron chi connectivity index (χ3n) is 4.22. The van der Waals surface area contributed by atoms with Gasteiger partial charge in [-0.05, 0) is 30.8 Å². The molecule has 0 saturated heterocycles. The van der Waals surface area contributed by atoms with Gasteiger partial charge in [0.25, 0.3) is 5.91 Å². The van der Waals surface area contributed by atoms with Crippen LogP contribution in [0.2, 0.25) is 0 Å².